The molecule has 0 radical (unpaired) electrons. The first kappa shape index (κ1) is 17.0. The van der Waals surface area contributed by atoms with Crippen molar-refractivity contribution in [3.8, 4) is 6.07 Å². The summed E-state index contributed by atoms with van der Waals surface area (Å²) >= 11 is 0. The summed E-state index contributed by atoms with van der Waals surface area (Å²) in [7, 11) is 1.48. The van der Waals surface area contributed by atoms with Crippen molar-refractivity contribution >= 4 is 11.7 Å². The quantitative estimate of drug-likeness (QED) is 0.778. The molecule has 0 saturated carbocycles. The van der Waals surface area contributed by atoms with Crippen LogP contribution in [0.5, 0.6) is 0 Å². The van der Waals surface area contributed by atoms with Crippen LogP contribution in [-0.2, 0) is 13.5 Å². The van der Waals surface area contributed by atoms with Gasteiger partial charge in [0.2, 0.25) is 0 Å². The number of hydrogen-bond acceptors (Lipinski definition) is 5. The molecule has 7 heteroatoms. The lowest BCUT2D eigenvalue weighted by Gasteiger charge is -2.06. The van der Waals surface area contributed by atoms with E-state index in [0.717, 1.165) is 15.8 Å². The van der Waals surface area contributed by atoms with E-state index in [2.05, 4.69) is 21.5 Å². The Bertz CT molecular complexity index is 1050. The van der Waals surface area contributed by atoms with Crippen molar-refractivity contribution in [2.75, 3.05) is 5.32 Å². The molecule has 2 aromatic heterocycles. The number of anilines is 1. The molecule has 1 aromatic carbocycles. The first-order valence-electron chi connectivity index (χ1n) is 7.85. The predicted octanol–water partition coefficient (Wildman–Crippen LogP) is 1.89. The van der Waals surface area contributed by atoms with Crippen molar-refractivity contribution in [2.45, 2.75) is 6.42 Å². The second-order valence-electron chi connectivity index (χ2n) is 5.68. The van der Waals surface area contributed by atoms with Crippen molar-refractivity contribution < 1.29 is 4.79 Å². The van der Waals surface area contributed by atoms with Gasteiger partial charge in [-0.15, -0.1) is 0 Å². The Morgan fingerprint density at radius 2 is 2.04 bits per heavy atom. The highest BCUT2D eigenvalue weighted by atomic mass is 16.2. The van der Waals surface area contributed by atoms with Gasteiger partial charge in [-0.3, -0.25) is 9.59 Å². The second kappa shape index (κ2) is 7.40. The lowest BCUT2D eigenvalue weighted by molar-refractivity contribution is 0.101. The number of carbonyl (C=O) groups excluding carboxylic acids is 1. The van der Waals surface area contributed by atoms with Gasteiger partial charge in [-0.2, -0.15) is 10.4 Å². The molecule has 3 aromatic rings. The Balaban J connectivity index is 1.69. The fourth-order valence-electron chi connectivity index (χ4n) is 2.39. The molecule has 0 aliphatic rings. The van der Waals surface area contributed by atoms with Crippen LogP contribution in [-0.4, -0.2) is 20.7 Å². The van der Waals surface area contributed by atoms with Gasteiger partial charge < -0.3 is 5.32 Å². The predicted molar refractivity (Wildman–Crippen MR) is 95.6 cm³/mol. The average Bonchev–Trinajstić information content (AvgIpc) is 2.65. The van der Waals surface area contributed by atoms with Crippen LogP contribution in [0.1, 0.15) is 27.2 Å². The Labute approximate surface area is 149 Å². The van der Waals surface area contributed by atoms with Crippen LogP contribution in [0.2, 0.25) is 0 Å². The van der Waals surface area contributed by atoms with Gasteiger partial charge in [-0.1, -0.05) is 18.2 Å². The first-order chi connectivity index (χ1) is 12.5. The summed E-state index contributed by atoms with van der Waals surface area (Å²) in [5, 5.41) is 15.5. The fourth-order valence-corrected chi connectivity index (χ4v) is 2.39. The zero-order chi connectivity index (χ0) is 18.5. The van der Waals surface area contributed by atoms with Crippen molar-refractivity contribution in [3.05, 3.63) is 87.5 Å². The van der Waals surface area contributed by atoms with Crippen molar-refractivity contribution in [1.82, 2.24) is 14.8 Å². The monoisotopic (exact) mass is 345 g/mol. The zero-order valence-corrected chi connectivity index (χ0v) is 14.0. The summed E-state index contributed by atoms with van der Waals surface area (Å²) in [6.07, 6.45) is 2.31. The van der Waals surface area contributed by atoms with E-state index in [-0.39, 0.29) is 11.3 Å². The van der Waals surface area contributed by atoms with E-state index in [1.54, 1.807) is 18.3 Å². The minimum atomic E-state index is -0.442. The molecule has 0 atom stereocenters. The van der Waals surface area contributed by atoms with E-state index in [1.807, 2.05) is 24.3 Å². The van der Waals surface area contributed by atoms with Gasteiger partial charge in [0.1, 0.15) is 11.5 Å². The molecular weight excluding hydrogens is 330 g/mol. The highest BCUT2D eigenvalue weighted by molar-refractivity contribution is 6.02. The summed E-state index contributed by atoms with van der Waals surface area (Å²) in [6.45, 7) is 0. The van der Waals surface area contributed by atoms with E-state index in [1.165, 1.54) is 19.2 Å². The largest absolute Gasteiger partial charge is 0.305 e. The van der Waals surface area contributed by atoms with Crippen molar-refractivity contribution in [1.29, 1.82) is 5.26 Å². The second-order valence-corrected chi connectivity index (χ2v) is 5.68. The number of rotatable bonds is 4. The number of aryl methyl sites for hydroxylation is 1. The zero-order valence-electron chi connectivity index (χ0n) is 14.0. The molecule has 2 heterocycles. The van der Waals surface area contributed by atoms with Crippen LogP contribution in [0.3, 0.4) is 0 Å². The lowest BCUT2D eigenvalue weighted by atomic mass is 10.0. The number of hydrogen-bond donors (Lipinski definition) is 1. The van der Waals surface area contributed by atoms with Gasteiger partial charge >= 0.3 is 0 Å². The summed E-state index contributed by atoms with van der Waals surface area (Å²) in [5.74, 6) is -0.0530. The van der Waals surface area contributed by atoms with Crippen LogP contribution in [0, 0.1) is 11.3 Å². The topological polar surface area (TPSA) is 101 Å². The van der Waals surface area contributed by atoms with Crippen LogP contribution >= 0.6 is 0 Å². The highest BCUT2D eigenvalue weighted by Gasteiger charge is 2.09. The number of benzene rings is 1. The third kappa shape index (κ3) is 3.99. The molecule has 26 heavy (non-hydrogen) atoms. The van der Waals surface area contributed by atoms with Gasteiger partial charge in [0.15, 0.2) is 0 Å². The van der Waals surface area contributed by atoms with Gasteiger partial charge in [-0.25, -0.2) is 9.67 Å². The number of nitrogens with zero attached hydrogens (tertiary/aromatic N) is 4. The first-order valence-corrected chi connectivity index (χ1v) is 7.85. The molecule has 0 bridgehead atoms. The van der Waals surface area contributed by atoms with Crippen molar-refractivity contribution in [3.63, 3.8) is 0 Å². The van der Waals surface area contributed by atoms with Crippen molar-refractivity contribution in [2.24, 2.45) is 7.05 Å². The van der Waals surface area contributed by atoms with Crippen LogP contribution < -0.4 is 10.9 Å². The summed E-state index contributed by atoms with van der Waals surface area (Å²) in [6, 6.07) is 15.7. The smallest absolute Gasteiger partial charge is 0.277 e. The maximum atomic E-state index is 12.2. The molecule has 0 fully saturated rings. The molecule has 3 rings (SSSR count). The molecule has 1 amide bonds. The molecular formula is C19H15N5O2. The van der Waals surface area contributed by atoms with E-state index in [9.17, 15) is 9.59 Å². The fraction of sp³-hybridized carbons (Fsp3) is 0.105. The Kier molecular flexibility index (Phi) is 4.85. The summed E-state index contributed by atoms with van der Waals surface area (Å²) < 4.78 is 1.10. The Hall–Kier alpha value is -3.79. The lowest BCUT2D eigenvalue weighted by Crippen LogP contribution is -2.23. The number of carbonyl (C=O) groups is 1. The molecule has 0 unspecified atom stereocenters. The maximum absolute atomic E-state index is 12.2. The average molecular weight is 345 g/mol. The molecule has 0 aliphatic heterocycles. The van der Waals surface area contributed by atoms with E-state index < -0.39 is 5.91 Å². The SMILES string of the molecule is Cn1nc(C(=O)Nc2ccc(Cc3cccc(C#N)c3)cn2)ccc1=O. The maximum Gasteiger partial charge on any atom is 0.277 e. The Morgan fingerprint density at radius 3 is 2.73 bits per heavy atom. The van der Waals surface area contributed by atoms with Crippen LogP contribution in [0.25, 0.3) is 0 Å². The molecule has 1 N–H and O–H groups in total. The third-order valence-electron chi connectivity index (χ3n) is 3.72. The van der Waals surface area contributed by atoms with E-state index in [4.69, 9.17) is 5.26 Å². The standard InChI is InChI=1S/C19H15N5O2/c1-24-18(25)8-6-16(23-24)19(26)22-17-7-5-15(12-21-17)10-13-3-2-4-14(9-13)11-20/h2-9,12H,10H2,1H3,(H,21,22,26). The van der Waals surface area contributed by atoms with Gasteiger partial charge in [0.25, 0.3) is 11.5 Å². The summed E-state index contributed by atoms with van der Waals surface area (Å²) in [5.41, 5.74) is 2.43. The third-order valence-corrected chi connectivity index (χ3v) is 3.72. The van der Waals surface area contributed by atoms with Gasteiger partial charge in [0, 0.05) is 19.3 Å². The number of nitrogens with one attached hydrogen (secondary N) is 1. The summed E-state index contributed by atoms with van der Waals surface area (Å²) in [4.78, 5) is 27.7. The number of pyridine rings is 1. The molecule has 0 saturated heterocycles. The Morgan fingerprint density at radius 1 is 1.19 bits per heavy atom. The van der Waals surface area contributed by atoms with Gasteiger partial charge in [0.05, 0.1) is 11.6 Å². The van der Waals surface area contributed by atoms with E-state index >= 15 is 0 Å². The molecule has 128 valence electrons. The highest BCUT2D eigenvalue weighted by Crippen LogP contribution is 2.13. The van der Waals surface area contributed by atoms with E-state index in [0.29, 0.717) is 17.8 Å². The minimum Gasteiger partial charge on any atom is -0.305 e. The number of aromatic nitrogens is 3. The number of nitriles is 1. The molecule has 7 nitrogen and oxygen atoms in total. The number of amides is 1. The molecule has 0 spiro atoms. The van der Waals surface area contributed by atoms with Crippen LogP contribution in [0.15, 0.2) is 59.5 Å². The minimum absolute atomic E-state index is 0.131. The normalized spacial score (nSPS) is 10.2. The van der Waals surface area contributed by atoms with Gasteiger partial charge in [-0.05, 0) is 41.8 Å². The van der Waals surface area contributed by atoms with Crippen LogP contribution in [0.4, 0.5) is 5.82 Å². The molecule has 0 aliphatic carbocycles.